The van der Waals surface area contributed by atoms with Gasteiger partial charge in [-0.15, -0.1) is 0 Å². The lowest BCUT2D eigenvalue weighted by atomic mass is 9.96. The Morgan fingerprint density at radius 3 is 2.39 bits per heavy atom. The molecule has 6 nitrogen and oxygen atoms in total. The average Bonchev–Trinajstić information content (AvgIpc) is 3.14. The number of benzene rings is 1. The summed E-state index contributed by atoms with van der Waals surface area (Å²) in [5, 5.41) is 3.95. The van der Waals surface area contributed by atoms with Crippen molar-refractivity contribution in [3.8, 4) is 0 Å². The molecule has 2 aromatic rings. The minimum Gasteiger partial charge on any atom is -0.457 e. The molecule has 0 N–H and O–H groups in total. The van der Waals surface area contributed by atoms with E-state index in [1.54, 1.807) is 12.1 Å². The summed E-state index contributed by atoms with van der Waals surface area (Å²) in [5.74, 6) is 0.568. The van der Waals surface area contributed by atoms with Crippen LogP contribution in [0.15, 0.2) is 28.8 Å². The van der Waals surface area contributed by atoms with Crippen molar-refractivity contribution in [3.63, 3.8) is 0 Å². The number of Topliss-reactive ketones (excluding diaryl/α,β-unsaturated/α-hetero) is 1. The Balaban J connectivity index is 1.70. The second-order valence-corrected chi connectivity index (χ2v) is 8.00. The van der Waals surface area contributed by atoms with Gasteiger partial charge in [-0.2, -0.15) is 4.98 Å². The zero-order valence-corrected chi connectivity index (χ0v) is 17.3. The number of rotatable bonds is 10. The topological polar surface area (TPSA) is 82.3 Å². The van der Waals surface area contributed by atoms with Gasteiger partial charge in [-0.05, 0) is 24.8 Å². The first-order valence-corrected chi connectivity index (χ1v) is 9.90. The van der Waals surface area contributed by atoms with E-state index in [9.17, 15) is 9.59 Å². The van der Waals surface area contributed by atoms with Crippen molar-refractivity contribution in [1.82, 2.24) is 10.1 Å². The van der Waals surface area contributed by atoms with Crippen molar-refractivity contribution in [1.29, 1.82) is 0 Å². The standard InChI is InChI=1S/C22H30N2O4/c1-5-6-8-16-11-13-17(14-12-16)18(25)15-27-20(26)10-7-9-19-23-21(24-28-19)22(2,3)4/h11-14H,5-10,15H2,1-4H3. The summed E-state index contributed by atoms with van der Waals surface area (Å²) < 4.78 is 10.3. The van der Waals surface area contributed by atoms with Crippen LogP contribution in [0.3, 0.4) is 0 Å². The molecule has 0 saturated heterocycles. The van der Waals surface area contributed by atoms with Gasteiger partial charge in [0.05, 0.1) is 0 Å². The van der Waals surface area contributed by atoms with E-state index in [2.05, 4.69) is 17.1 Å². The van der Waals surface area contributed by atoms with E-state index in [1.165, 1.54) is 5.56 Å². The lowest BCUT2D eigenvalue weighted by Crippen LogP contribution is -2.14. The molecule has 152 valence electrons. The third kappa shape index (κ3) is 6.91. The molecule has 28 heavy (non-hydrogen) atoms. The number of hydrogen-bond acceptors (Lipinski definition) is 6. The summed E-state index contributed by atoms with van der Waals surface area (Å²) in [4.78, 5) is 28.4. The molecular formula is C22H30N2O4. The molecule has 0 atom stereocenters. The monoisotopic (exact) mass is 386 g/mol. The van der Waals surface area contributed by atoms with Crippen molar-refractivity contribution < 1.29 is 18.8 Å². The Hall–Kier alpha value is -2.50. The van der Waals surface area contributed by atoms with Gasteiger partial charge in [0, 0.05) is 23.8 Å². The summed E-state index contributed by atoms with van der Waals surface area (Å²) in [6, 6.07) is 7.51. The molecule has 2 rings (SSSR count). The first-order chi connectivity index (χ1) is 13.3. The maximum Gasteiger partial charge on any atom is 0.306 e. The number of esters is 1. The van der Waals surface area contributed by atoms with Crippen molar-refractivity contribution in [2.24, 2.45) is 0 Å². The van der Waals surface area contributed by atoms with Crippen LogP contribution in [0.5, 0.6) is 0 Å². The first-order valence-electron chi connectivity index (χ1n) is 9.90. The fraction of sp³-hybridized carbons (Fsp3) is 0.545. The predicted molar refractivity (Wildman–Crippen MR) is 106 cm³/mol. The van der Waals surface area contributed by atoms with E-state index in [-0.39, 0.29) is 24.2 Å². The molecule has 0 spiro atoms. The van der Waals surface area contributed by atoms with Crippen molar-refractivity contribution >= 4 is 11.8 Å². The highest BCUT2D eigenvalue weighted by atomic mass is 16.5. The number of aromatic nitrogens is 2. The highest BCUT2D eigenvalue weighted by molar-refractivity contribution is 5.97. The van der Waals surface area contributed by atoms with Crippen LogP contribution in [0.1, 0.15) is 81.0 Å². The van der Waals surface area contributed by atoms with E-state index >= 15 is 0 Å². The fourth-order valence-electron chi connectivity index (χ4n) is 2.58. The zero-order valence-electron chi connectivity index (χ0n) is 17.3. The fourth-order valence-corrected chi connectivity index (χ4v) is 2.58. The summed E-state index contributed by atoms with van der Waals surface area (Å²) in [7, 11) is 0. The number of ether oxygens (including phenoxy) is 1. The van der Waals surface area contributed by atoms with Gasteiger partial charge >= 0.3 is 5.97 Å². The lowest BCUT2D eigenvalue weighted by molar-refractivity contribution is -0.142. The number of ketones is 1. The molecule has 0 saturated carbocycles. The number of hydrogen-bond donors (Lipinski definition) is 0. The van der Waals surface area contributed by atoms with E-state index in [1.807, 2.05) is 32.9 Å². The Labute approximate surface area is 166 Å². The summed E-state index contributed by atoms with van der Waals surface area (Å²) in [6.07, 6.45) is 4.52. The number of nitrogens with zero attached hydrogens (tertiary/aromatic N) is 2. The Morgan fingerprint density at radius 1 is 1.07 bits per heavy atom. The normalized spacial score (nSPS) is 11.4. The average molecular weight is 386 g/mol. The van der Waals surface area contributed by atoms with Crippen molar-refractivity contribution in [2.45, 2.75) is 71.6 Å². The largest absolute Gasteiger partial charge is 0.457 e. The molecule has 0 aliphatic heterocycles. The van der Waals surface area contributed by atoms with Gasteiger partial charge in [-0.1, -0.05) is 63.5 Å². The SMILES string of the molecule is CCCCc1ccc(C(=O)COC(=O)CCCc2nc(C(C)(C)C)no2)cc1. The molecule has 0 aliphatic rings. The molecule has 0 bridgehead atoms. The van der Waals surface area contributed by atoms with Crippen LogP contribution in [0, 0.1) is 0 Å². The van der Waals surface area contributed by atoms with E-state index in [0.717, 1.165) is 19.3 Å². The molecule has 1 heterocycles. The second kappa shape index (κ2) is 10.2. The molecule has 0 aliphatic carbocycles. The smallest absolute Gasteiger partial charge is 0.306 e. The number of aryl methyl sites for hydroxylation is 2. The van der Waals surface area contributed by atoms with Crippen LogP contribution < -0.4 is 0 Å². The molecule has 0 amide bonds. The van der Waals surface area contributed by atoms with E-state index < -0.39 is 5.97 Å². The molecule has 0 radical (unpaired) electrons. The Kier molecular flexibility index (Phi) is 7.91. The minimum absolute atomic E-state index is 0.171. The zero-order chi connectivity index (χ0) is 20.6. The maximum absolute atomic E-state index is 12.2. The van der Waals surface area contributed by atoms with Gasteiger partial charge in [-0.25, -0.2) is 0 Å². The van der Waals surface area contributed by atoms with Crippen LogP contribution >= 0.6 is 0 Å². The third-order valence-corrected chi connectivity index (χ3v) is 4.37. The van der Waals surface area contributed by atoms with Gasteiger partial charge in [0.1, 0.15) is 0 Å². The second-order valence-electron chi connectivity index (χ2n) is 8.00. The molecule has 1 aromatic carbocycles. The number of carbonyl (C=O) groups excluding carboxylic acids is 2. The molecule has 1 aromatic heterocycles. The van der Waals surface area contributed by atoms with Crippen LogP contribution in [-0.2, 0) is 27.8 Å². The van der Waals surface area contributed by atoms with Crippen LogP contribution in [0.4, 0.5) is 0 Å². The van der Waals surface area contributed by atoms with Crippen molar-refractivity contribution in [3.05, 3.63) is 47.1 Å². The maximum atomic E-state index is 12.2. The number of unbranched alkanes of at least 4 members (excludes halogenated alkanes) is 1. The molecule has 0 fully saturated rings. The van der Waals surface area contributed by atoms with Crippen LogP contribution in [0.2, 0.25) is 0 Å². The number of carbonyl (C=O) groups is 2. The summed E-state index contributed by atoms with van der Waals surface area (Å²) >= 11 is 0. The van der Waals surface area contributed by atoms with Gasteiger partial charge < -0.3 is 9.26 Å². The molecule has 6 heteroatoms. The summed E-state index contributed by atoms with van der Waals surface area (Å²) in [5.41, 5.74) is 1.61. The van der Waals surface area contributed by atoms with Crippen LogP contribution in [0.25, 0.3) is 0 Å². The van der Waals surface area contributed by atoms with Crippen molar-refractivity contribution in [2.75, 3.05) is 6.61 Å². The van der Waals surface area contributed by atoms with Gasteiger partial charge in [0.2, 0.25) is 5.89 Å². The highest BCUT2D eigenvalue weighted by Gasteiger charge is 2.21. The summed E-state index contributed by atoms with van der Waals surface area (Å²) in [6.45, 7) is 7.94. The quantitative estimate of drug-likeness (QED) is 0.443. The van der Waals surface area contributed by atoms with E-state index in [4.69, 9.17) is 9.26 Å². The minimum atomic E-state index is -0.400. The van der Waals surface area contributed by atoms with Gasteiger partial charge in [0.25, 0.3) is 0 Å². The molecule has 0 unspecified atom stereocenters. The predicted octanol–water partition coefficient (Wildman–Crippen LogP) is 4.46. The van der Waals surface area contributed by atoms with E-state index in [0.29, 0.717) is 30.1 Å². The van der Waals surface area contributed by atoms with Gasteiger partial charge in [-0.3, -0.25) is 9.59 Å². The Bertz CT molecular complexity index is 773. The first kappa shape index (κ1) is 21.8. The Morgan fingerprint density at radius 2 is 1.79 bits per heavy atom. The van der Waals surface area contributed by atoms with Crippen LogP contribution in [-0.4, -0.2) is 28.5 Å². The highest BCUT2D eigenvalue weighted by Crippen LogP contribution is 2.19. The third-order valence-electron chi connectivity index (χ3n) is 4.37. The lowest BCUT2D eigenvalue weighted by Gasteiger charge is -2.10. The molecular weight excluding hydrogens is 356 g/mol. The van der Waals surface area contributed by atoms with Gasteiger partial charge in [0.15, 0.2) is 18.2 Å².